The number of hydrogen-bond donors (Lipinski definition) is 2. The van der Waals surface area contributed by atoms with E-state index in [2.05, 4.69) is 20.9 Å². The summed E-state index contributed by atoms with van der Waals surface area (Å²) in [5.41, 5.74) is 1.55. The summed E-state index contributed by atoms with van der Waals surface area (Å²) >= 11 is 9.37. The number of phenolic OH excluding ortho intramolecular Hbond substituents is 1. The van der Waals surface area contributed by atoms with E-state index in [4.69, 9.17) is 11.6 Å². The lowest BCUT2D eigenvalue weighted by Crippen LogP contribution is -2.53. The highest BCUT2D eigenvalue weighted by molar-refractivity contribution is 9.09. The van der Waals surface area contributed by atoms with Crippen molar-refractivity contribution < 1.29 is 19.1 Å². The van der Waals surface area contributed by atoms with Crippen LogP contribution in [0.15, 0.2) is 36.4 Å². The van der Waals surface area contributed by atoms with Crippen molar-refractivity contribution >= 4 is 50.4 Å². The van der Waals surface area contributed by atoms with Gasteiger partial charge >= 0.3 is 6.03 Å². The van der Waals surface area contributed by atoms with Crippen molar-refractivity contribution in [2.45, 2.75) is 24.9 Å². The fourth-order valence-electron chi connectivity index (χ4n) is 4.83. The monoisotopic (exact) mass is 505 g/mol. The second-order valence-electron chi connectivity index (χ2n) is 8.08. The van der Waals surface area contributed by atoms with Gasteiger partial charge < -0.3 is 10.1 Å². The molecule has 9 heteroatoms. The molecule has 0 saturated carbocycles. The predicted molar refractivity (Wildman–Crippen MR) is 118 cm³/mol. The number of nitrogens with zero attached hydrogens (tertiary/aromatic N) is 2. The van der Waals surface area contributed by atoms with Crippen LogP contribution in [0.1, 0.15) is 29.8 Å². The number of aromatic hydroxyl groups is 1. The van der Waals surface area contributed by atoms with Crippen molar-refractivity contribution in [1.82, 2.24) is 14.8 Å². The molecule has 2 atom stereocenters. The van der Waals surface area contributed by atoms with Gasteiger partial charge in [-0.1, -0.05) is 39.7 Å². The molecule has 31 heavy (non-hydrogen) atoms. The Labute approximate surface area is 190 Å². The van der Waals surface area contributed by atoms with Crippen LogP contribution >= 0.6 is 27.5 Å². The van der Waals surface area contributed by atoms with Gasteiger partial charge in [0.1, 0.15) is 23.1 Å². The normalized spacial score (nSPS) is 22.9. The number of H-pyrrole nitrogens is 1. The lowest BCUT2D eigenvalue weighted by molar-refractivity contribution is -0.133. The molecule has 3 amide bonds. The molecular formula is C22H18BrClFN3O3. The molecule has 1 saturated heterocycles. The molecule has 3 heterocycles. The summed E-state index contributed by atoms with van der Waals surface area (Å²) in [5.74, 6) is -0.786. The molecule has 0 unspecified atom stereocenters. The summed E-state index contributed by atoms with van der Waals surface area (Å²) in [6.45, 7) is 2.01. The molecule has 3 aromatic rings. The van der Waals surface area contributed by atoms with Gasteiger partial charge in [0.15, 0.2) is 0 Å². The van der Waals surface area contributed by atoms with Crippen molar-refractivity contribution in [2.24, 2.45) is 0 Å². The Kier molecular flexibility index (Phi) is 4.57. The number of halogens is 3. The zero-order valence-corrected chi connectivity index (χ0v) is 18.8. The van der Waals surface area contributed by atoms with Crippen LogP contribution in [-0.2, 0) is 11.2 Å². The predicted octanol–water partition coefficient (Wildman–Crippen LogP) is 4.73. The summed E-state index contributed by atoms with van der Waals surface area (Å²) in [5, 5.41) is 11.3. The lowest BCUT2D eigenvalue weighted by atomic mass is 9.81. The molecule has 0 aliphatic carbocycles. The fourth-order valence-corrected chi connectivity index (χ4v) is 5.35. The first-order chi connectivity index (χ1) is 14.8. The first-order valence-corrected chi connectivity index (χ1v) is 11.3. The molecule has 2 aliphatic heterocycles. The maximum Gasteiger partial charge on any atom is 0.328 e. The zero-order valence-electron chi connectivity index (χ0n) is 16.5. The smallest absolute Gasteiger partial charge is 0.328 e. The van der Waals surface area contributed by atoms with Crippen LogP contribution in [0.5, 0.6) is 5.75 Å². The number of carbonyl (C=O) groups excluding carboxylic acids is 2. The minimum atomic E-state index is -1.13. The minimum Gasteiger partial charge on any atom is -0.508 e. The number of aromatic nitrogens is 1. The van der Waals surface area contributed by atoms with E-state index in [0.29, 0.717) is 27.5 Å². The maximum absolute atomic E-state index is 14.1. The Morgan fingerprint density at radius 1 is 1.32 bits per heavy atom. The number of hydrogen-bond acceptors (Lipinski definition) is 3. The summed E-state index contributed by atoms with van der Waals surface area (Å²) in [7, 11) is 0. The number of amides is 3. The standard InChI is InChI=1S/C22H18BrClFN3O3/c1-22-10-14-13-8-15(24)16(25)9-17(13)26-18(14)19(11-3-2-4-12(29)7-11)28(22)21(31)27(6-5-23)20(22)30/h2-4,7-9,19,26,29H,5-6,10H2,1H3/t19-,22+/m1/s1. The van der Waals surface area contributed by atoms with Gasteiger partial charge in [0.2, 0.25) is 0 Å². The number of imide groups is 1. The quantitative estimate of drug-likeness (QED) is 0.398. The molecule has 0 spiro atoms. The largest absolute Gasteiger partial charge is 0.508 e. The van der Waals surface area contributed by atoms with E-state index in [0.717, 1.165) is 5.56 Å². The van der Waals surface area contributed by atoms with Crippen molar-refractivity contribution in [3.8, 4) is 5.75 Å². The van der Waals surface area contributed by atoms with Crippen LogP contribution in [0.3, 0.4) is 0 Å². The van der Waals surface area contributed by atoms with Crippen molar-refractivity contribution in [2.75, 3.05) is 11.9 Å². The number of urea groups is 1. The zero-order chi connectivity index (χ0) is 22.1. The van der Waals surface area contributed by atoms with Gasteiger partial charge in [-0.3, -0.25) is 14.6 Å². The van der Waals surface area contributed by atoms with E-state index in [1.807, 2.05) is 0 Å². The molecule has 1 fully saturated rings. The Balaban J connectivity index is 1.80. The van der Waals surface area contributed by atoms with E-state index in [9.17, 15) is 19.1 Å². The molecule has 5 rings (SSSR count). The van der Waals surface area contributed by atoms with E-state index < -0.39 is 23.4 Å². The van der Waals surface area contributed by atoms with Crippen LogP contribution in [0, 0.1) is 5.82 Å². The second-order valence-corrected chi connectivity index (χ2v) is 9.28. The molecule has 6 nitrogen and oxygen atoms in total. The van der Waals surface area contributed by atoms with Crippen molar-refractivity contribution in [3.63, 3.8) is 0 Å². The van der Waals surface area contributed by atoms with Crippen LogP contribution in [0.2, 0.25) is 5.02 Å². The third-order valence-electron chi connectivity index (χ3n) is 6.20. The van der Waals surface area contributed by atoms with Gasteiger partial charge in [0.05, 0.1) is 5.02 Å². The Bertz CT molecular complexity index is 1260. The molecule has 0 radical (unpaired) electrons. The van der Waals surface area contributed by atoms with E-state index in [1.165, 1.54) is 11.0 Å². The lowest BCUT2D eigenvalue weighted by Gasteiger charge is -2.42. The Morgan fingerprint density at radius 2 is 2.10 bits per heavy atom. The fraction of sp³-hybridized carbons (Fsp3) is 0.273. The number of carbonyl (C=O) groups is 2. The van der Waals surface area contributed by atoms with Gasteiger partial charge in [-0.2, -0.15) is 0 Å². The molecule has 2 N–H and O–H groups in total. The van der Waals surface area contributed by atoms with Gasteiger partial charge in [-0.15, -0.1) is 0 Å². The third-order valence-corrected chi connectivity index (χ3v) is 6.85. The van der Waals surface area contributed by atoms with Crippen LogP contribution in [0.25, 0.3) is 10.9 Å². The number of rotatable bonds is 3. The first kappa shape index (κ1) is 20.3. The SMILES string of the molecule is C[C@@]12Cc3c([nH]c4cc(F)c(Cl)cc34)[C@@H](c3cccc(O)c3)N1C(=O)N(CCBr)C2=O. The molecule has 2 aliphatic rings. The number of fused-ring (bicyclic) bond motifs is 4. The Morgan fingerprint density at radius 3 is 2.81 bits per heavy atom. The summed E-state index contributed by atoms with van der Waals surface area (Å²) < 4.78 is 14.1. The maximum atomic E-state index is 14.1. The van der Waals surface area contributed by atoms with Gasteiger partial charge in [-0.05, 0) is 42.3 Å². The van der Waals surface area contributed by atoms with Crippen LogP contribution in [-0.4, -0.2) is 49.2 Å². The average Bonchev–Trinajstić information content (AvgIpc) is 3.15. The van der Waals surface area contributed by atoms with E-state index >= 15 is 0 Å². The number of alkyl halides is 1. The highest BCUT2D eigenvalue weighted by atomic mass is 79.9. The summed E-state index contributed by atoms with van der Waals surface area (Å²) in [4.78, 5) is 32.9. The average molecular weight is 507 g/mol. The first-order valence-electron chi connectivity index (χ1n) is 9.76. The molecule has 160 valence electrons. The van der Waals surface area contributed by atoms with E-state index in [-0.39, 0.29) is 29.6 Å². The van der Waals surface area contributed by atoms with E-state index in [1.54, 1.807) is 42.2 Å². The highest BCUT2D eigenvalue weighted by Gasteiger charge is 2.60. The molecular weight excluding hydrogens is 489 g/mol. The van der Waals surface area contributed by atoms with Crippen molar-refractivity contribution in [1.29, 1.82) is 0 Å². The van der Waals surface area contributed by atoms with Crippen LogP contribution in [0.4, 0.5) is 9.18 Å². The van der Waals surface area contributed by atoms with Gasteiger partial charge in [0.25, 0.3) is 5.91 Å². The summed E-state index contributed by atoms with van der Waals surface area (Å²) in [6.07, 6.45) is 0.267. The Hall–Kier alpha value is -2.58. The molecule has 0 bridgehead atoms. The highest BCUT2D eigenvalue weighted by Crippen LogP contribution is 2.49. The number of aromatic amines is 1. The number of phenols is 1. The molecule has 1 aromatic heterocycles. The van der Waals surface area contributed by atoms with Crippen LogP contribution < -0.4 is 0 Å². The van der Waals surface area contributed by atoms with Crippen molar-refractivity contribution in [3.05, 3.63) is 64.1 Å². The topological polar surface area (TPSA) is 76.6 Å². The van der Waals surface area contributed by atoms with Gasteiger partial charge in [0, 0.05) is 34.9 Å². The number of benzene rings is 2. The summed E-state index contributed by atoms with van der Waals surface area (Å²) in [6, 6.07) is 8.42. The second kappa shape index (κ2) is 6.97. The number of nitrogens with one attached hydrogen (secondary N) is 1. The minimum absolute atomic E-state index is 0.00877. The third kappa shape index (κ3) is 2.81. The molecule has 2 aromatic carbocycles. The van der Waals surface area contributed by atoms with Gasteiger partial charge in [-0.25, -0.2) is 9.18 Å².